The molecule has 0 atom stereocenters. The number of para-hydroxylation sites is 1. The molecule has 0 bridgehead atoms. The summed E-state index contributed by atoms with van der Waals surface area (Å²) in [5, 5.41) is 8.56. The van der Waals surface area contributed by atoms with Crippen molar-refractivity contribution in [1.29, 1.82) is 0 Å². The summed E-state index contributed by atoms with van der Waals surface area (Å²) in [6.45, 7) is 0. The van der Waals surface area contributed by atoms with Crippen LogP contribution in [0.1, 0.15) is 0 Å². The lowest BCUT2D eigenvalue weighted by atomic mass is 10.1. The third-order valence-corrected chi connectivity index (χ3v) is 4.77. The van der Waals surface area contributed by atoms with E-state index < -0.39 is 10.0 Å². The van der Waals surface area contributed by atoms with Gasteiger partial charge < -0.3 is 14.8 Å². The molecule has 0 amide bonds. The van der Waals surface area contributed by atoms with E-state index in [0.29, 0.717) is 17.1 Å². The average molecular weight is 386 g/mol. The molecule has 0 saturated carbocycles. The Hall–Kier alpha value is -3.17. The number of benzene rings is 2. The van der Waals surface area contributed by atoms with Gasteiger partial charge in [-0.05, 0) is 30.3 Å². The first kappa shape index (κ1) is 18.6. The summed E-state index contributed by atoms with van der Waals surface area (Å²) in [4.78, 5) is 8.27. The highest BCUT2D eigenvalue weighted by atomic mass is 32.2. The van der Waals surface area contributed by atoms with Crippen molar-refractivity contribution in [3.8, 4) is 22.8 Å². The Morgan fingerprint density at radius 3 is 2.37 bits per heavy atom. The minimum absolute atomic E-state index is 0.0903. The molecule has 8 nitrogen and oxygen atoms in total. The van der Waals surface area contributed by atoms with E-state index in [1.807, 2.05) is 30.3 Å². The Balaban J connectivity index is 2.27. The van der Waals surface area contributed by atoms with Gasteiger partial charge in [0, 0.05) is 11.3 Å². The van der Waals surface area contributed by atoms with Gasteiger partial charge in [-0.2, -0.15) is 0 Å². The lowest BCUT2D eigenvalue weighted by Crippen LogP contribution is -2.14. The fraction of sp³-hybridized carbons (Fsp3) is 0.111. The van der Waals surface area contributed by atoms with Crippen molar-refractivity contribution >= 4 is 21.5 Å². The van der Waals surface area contributed by atoms with Crippen molar-refractivity contribution < 1.29 is 17.9 Å². The van der Waals surface area contributed by atoms with Crippen LogP contribution < -0.4 is 19.9 Å². The van der Waals surface area contributed by atoms with Gasteiger partial charge in [0.15, 0.2) is 0 Å². The molecule has 27 heavy (non-hydrogen) atoms. The van der Waals surface area contributed by atoms with Crippen molar-refractivity contribution in [3.05, 3.63) is 54.9 Å². The highest BCUT2D eigenvalue weighted by Gasteiger charge is 2.23. The van der Waals surface area contributed by atoms with E-state index in [1.165, 1.54) is 32.7 Å². The van der Waals surface area contributed by atoms with Gasteiger partial charge in [0.1, 0.15) is 17.9 Å². The van der Waals surface area contributed by atoms with Crippen LogP contribution >= 0.6 is 0 Å². The number of anilines is 2. The number of nitrogens with two attached hydrogens (primary N) is 1. The minimum Gasteiger partial charge on any atom is -0.497 e. The van der Waals surface area contributed by atoms with Gasteiger partial charge in [0.05, 0.1) is 24.7 Å². The number of methoxy groups -OCH3 is 2. The zero-order chi connectivity index (χ0) is 19.4. The smallest absolute Gasteiger partial charge is 0.238 e. The first-order chi connectivity index (χ1) is 12.9. The first-order valence-corrected chi connectivity index (χ1v) is 9.41. The maximum Gasteiger partial charge on any atom is 0.238 e. The topological polar surface area (TPSA) is 116 Å². The largest absolute Gasteiger partial charge is 0.497 e. The van der Waals surface area contributed by atoms with Gasteiger partial charge in [0.25, 0.3) is 0 Å². The predicted octanol–water partition coefficient (Wildman–Crippen LogP) is 2.55. The van der Waals surface area contributed by atoms with E-state index in [4.69, 9.17) is 14.6 Å². The maximum absolute atomic E-state index is 12.1. The predicted molar refractivity (Wildman–Crippen MR) is 102 cm³/mol. The highest BCUT2D eigenvalue weighted by molar-refractivity contribution is 7.89. The molecule has 0 aliphatic heterocycles. The van der Waals surface area contributed by atoms with Crippen LogP contribution in [0.3, 0.4) is 0 Å². The molecule has 0 saturated heterocycles. The maximum atomic E-state index is 12.1. The van der Waals surface area contributed by atoms with E-state index >= 15 is 0 Å². The molecule has 140 valence electrons. The summed E-state index contributed by atoms with van der Waals surface area (Å²) in [6.07, 6.45) is 1.32. The molecule has 0 radical (unpaired) electrons. The van der Waals surface area contributed by atoms with Crippen molar-refractivity contribution in [2.75, 3.05) is 19.5 Å². The standard InChI is InChI=1S/C18H18N4O4S/c1-25-13-8-9-15(27(19,23)24)14(10-13)16-17(20-11-21-18(16)26-2)22-12-6-4-3-5-7-12/h3-11H,1-2H3,(H2,19,23,24)(H,20,21,22). The molecule has 0 fully saturated rings. The molecule has 0 aliphatic carbocycles. The summed E-state index contributed by atoms with van der Waals surface area (Å²) >= 11 is 0. The third-order valence-electron chi connectivity index (χ3n) is 3.80. The SMILES string of the molecule is COc1ccc(S(N)(=O)=O)c(-c2c(Nc3ccccc3)ncnc2OC)c1. The lowest BCUT2D eigenvalue weighted by molar-refractivity contribution is 0.398. The minimum atomic E-state index is -4.02. The normalized spacial score (nSPS) is 11.1. The second-order valence-corrected chi connectivity index (χ2v) is 7.03. The number of sulfonamides is 1. The molecule has 3 rings (SSSR count). The second-order valence-electron chi connectivity index (χ2n) is 5.50. The lowest BCUT2D eigenvalue weighted by Gasteiger charge is -2.16. The monoisotopic (exact) mass is 386 g/mol. The van der Waals surface area contributed by atoms with Gasteiger partial charge in [-0.3, -0.25) is 0 Å². The number of hydrogen-bond acceptors (Lipinski definition) is 7. The fourth-order valence-corrected chi connectivity index (χ4v) is 3.32. The average Bonchev–Trinajstić information content (AvgIpc) is 2.67. The second kappa shape index (κ2) is 7.60. The van der Waals surface area contributed by atoms with Crippen molar-refractivity contribution in [3.63, 3.8) is 0 Å². The zero-order valence-corrected chi connectivity index (χ0v) is 15.5. The zero-order valence-electron chi connectivity index (χ0n) is 14.7. The van der Waals surface area contributed by atoms with Crippen LogP contribution in [0.4, 0.5) is 11.5 Å². The van der Waals surface area contributed by atoms with E-state index in [1.54, 1.807) is 6.07 Å². The van der Waals surface area contributed by atoms with Crippen molar-refractivity contribution in [2.24, 2.45) is 5.14 Å². The Kier molecular flexibility index (Phi) is 5.24. The van der Waals surface area contributed by atoms with Crippen LogP contribution in [0.15, 0.2) is 59.8 Å². The summed E-state index contributed by atoms with van der Waals surface area (Å²) in [5.74, 6) is 1.02. The van der Waals surface area contributed by atoms with Crippen LogP contribution in [0, 0.1) is 0 Å². The first-order valence-electron chi connectivity index (χ1n) is 7.86. The van der Waals surface area contributed by atoms with Crippen LogP contribution in [0.25, 0.3) is 11.1 Å². The van der Waals surface area contributed by atoms with Gasteiger partial charge in [-0.1, -0.05) is 18.2 Å². The van der Waals surface area contributed by atoms with Crippen LogP contribution in [-0.4, -0.2) is 32.6 Å². The molecule has 3 N–H and O–H groups in total. The third kappa shape index (κ3) is 3.99. The molecular weight excluding hydrogens is 368 g/mol. The summed E-state index contributed by atoms with van der Waals surface area (Å²) in [7, 11) is -1.09. The quantitative estimate of drug-likeness (QED) is 0.668. The van der Waals surface area contributed by atoms with Gasteiger partial charge in [-0.25, -0.2) is 23.5 Å². The molecule has 9 heteroatoms. The van der Waals surface area contributed by atoms with Gasteiger partial charge in [0.2, 0.25) is 15.9 Å². The molecule has 0 aliphatic rings. The number of hydrogen-bond donors (Lipinski definition) is 2. The van der Waals surface area contributed by atoms with Gasteiger partial charge in [-0.15, -0.1) is 0 Å². The molecule has 2 aromatic carbocycles. The van der Waals surface area contributed by atoms with Crippen LogP contribution in [-0.2, 0) is 10.0 Å². The molecule has 1 aromatic heterocycles. The summed E-state index contributed by atoms with van der Waals surface area (Å²) in [6, 6.07) is 13.8. The van der Waals surface area contributed by atoms with E-state index in [9.17, 15) is 8.42 Å². The van der Waals surface area contributed by atoms with Crippen molar-refractivity contribution in [1.82, 2.24) is 9.97 Å². The van der Waals surface area contributed by atoms with E-state index in [-0.39, 0.29) is 16.3 Å². The van der Waals surface area contributed by atoms with Crippen LogP contribution in [0.5, 0.6) is 11.6 Å². The Labute approximate surface area is 157 Å². The number of ether oxygens (including phenoxy) is 2. The molecule has 0 unspecified atom stereocenters. The Bertz CT molecular complexity index is 1060. The van der Waals surface area contributed by atoms with Crippen LogP contribution in [0.2, 0.25) is 0 Å². The van der Waals surface area contributed by atoms with E-state index in [0.717, 1.165) is 5.69 Å². The summed E-state index contributed by atoms with van der Waals surface area (Å²) in [5.41, 5.74) is 1.39. The van der Waals surface area contributed by atoms with Gasteiger partial charge >= 0.3 is 0 Å². The number of primary sulfonamides is 1. The van der Waals surface area contributed by atoms with E-state index in [2.05, 4.69) is 15.3 Å². The Morgan fingerprint density at radius 1 is 1.00 bits per heavy atom. The molecular formula is C18H18N4O4S. The molecule has 3 aromatic rings. The fourth-order valence-electron chi connectivity index (χ4n) is 2.60. The highest BCUT2D eigenvalue weighted by Crippen LogP contribution is 2.40. The number of rotatable bonds is 6. The molecule has 0 spiro atoms. The number of nitrogens with one attached hydrogen (secondary N) is 1. The van der Waals surface area contributed by atoms with Crippen molar-refractivity contribution in [2.45, 2.75) is 4.90 Å². The number of aromatic nitrogens is 2. The number of nitrogens with zero attached hydrogens (tertiary/aromatic N) is 2. The summed E-state index contributed by atoms with van der Waals surface area (Å²) < 4.78 is 34.9. The Morgan fingerprint density at radius 2 is 1.74 bits per heavy atom. The molecule has 1 heterocycles.